The minimum Gasteiger partial charge on any atom is -0.412 e. The summed E-state index contributed by atoms with van der Waals surface area (Å²) >= 11 is 0. The first-order valence-electron chi connectivity index (χ1n) is 7.45. The number of aryl methyl sites for hydroxylation is 1. The van der Waals surface area contributed by atoms with Crippen molar-refractivity contribution in [2.75, 3.05) is 6.54 Å². The topological polar surface area (TPSA) is 68.0 Å². The summed E-state index contributed by atoms with van der Waals surface area (Å²) in [4.78, 5) is 12.0. The summed E-state index contributed by atoms with van der Waals surface area (Å²) in [5.41, 5.74) is 3.11. The fraction of sp³-hybridized carbons (Fsp3) is 0.167. The molecule has 0 aliphatic rings. The molecular formula is C18H17N3O2. The van der Waals surface area contributed by atoms with Crippen molar-refractivity contribution in [1.29, 1.82) is 0 Å². The first-order valence-corrected chi connectivity index (χ1v) is 7.45. The number of hydrogen-bond donors (Lipinski definition) is 1. The third-order valence-electron chi connectivity index (χ3n) is 3.46. The first-order chi connectivity index (χ1) is 11.2. The minimum atomic E-state index is -0.355. The molecule has 3 aromatic rings. The Kier molecular flexibility index (Phi) is 4.47. The summed E-state index contributed by atoms with van der Waals surface area (Å²) in [6, 6.07) is 17.7. The third kappa shape index (κ3) is 3.83. The van der Waals surface area contributed by atoms with Gasteiger partial charge in [0.05, 0.1) is 0 Å². The van der Waals surface area contributed by atoms with Crippen LogP contribution in [0.15, 0.2) is 59.0 Å². The lowest BCUT2D eigenvalue weighted by Gasteiger charge is -2.02. The van der Waals surface area contributed by atoms with Crippen LogP contribution in [0.3, 0.4) is 0 Å². The van der Waals surface area contributed by atoms with E-state index in [2.05, 4.69) is 15.5 Å². The van der Waals surface area contributed by atoms with Crippen LogP contribution >= 0.6 is 0 Å². The number of carbonyl (C=O) groups is 1. The highest BCUT2D eigenvalue weighted by Gasteiger charge is 2.15. The highest BCUT2D eigenvalue weighted by atomic mass is 16.4. The maximum absolute atomic E-state index is 12.0. The van der Waals surface area contributed by atoms with E-state index in [1.54, 1.807) is 0 Å². The fourth-order valence-corrected chi connectivity index (χ4v) is 2.17. The van der Waals surface area contributed by atoms with Gasteiger partial charge in [-0.2, -0.15) is 0 Å². The molecule has 0 aliphatic heterocycles. The summed E-state index contributed by atoms with van der Waals surface area (Å²) in [6.45, 7) is 2.52. The van der Waals surface area contributed by atoms with Gasteiger partial charge in [0.1, 0.15) is 0 Å². The summed E-state index contributed by atoms with van der Waals surface area (Å²) in [6.07, 6.45) is 0.755. The predicted molar refractivity (Wildman–Crippen MR) is 87.0 cm³/mol. The lowest BCUT2D eigenvalue weighted by Crippen LogP contribution is -2.25. The predicted octanol–water partition coefficient (Wildman–Crippen LogP) is 3.02. The van der Waals surface area contributed by atoms with Crippen LogP contribution in [0.1, 0.15) is 21.8 Å². The van der Waals surface area contributed by atoms with Crippen molar-refractivity contribution in [2.45, 2.75) is 13.3 Å². The van der Waals surface area contributed by atoms with E-state index in [1.807, 2.05) is 61.5 Å². The molecule has 0 radical (unpaired) electrons. The highest BCUT2D eigenvalue weighted by Crippen LogP contribution is 2.18. The number of benzene rings is 2. The van der Waals surface area contributed by atoms with Crippen molar-refractivity contribution >= 4 is 5.91 Å². The van der Waals surface area contributed by atoms with E-state index in [4.69, 9.17) is 4.42 Å². The molecule has 0 unspecified atom stereocenters. The van der Waals surface area contributed by atoms with E-state index in [9.17, 15) is 4.79 Å². The lowest BCUT2D eigenvalue weighted by molar-refractivity contribution is 0.0920. The van der Waals surface area contributed by atoms with Crippen LogP contribution in [0.25, 0.3) is 11.5 Å². The minimum absolute atomic E-state index is 0.0198. The van der Waals surface area contributed by atoms with Crippen LogP contribution < -0.4 is 5.32 Å². The van der Waals surface area contributed by atoms with Crippen molar-refractivity contribution in [3.63, 3.8) is 0 Å². The van der Waals surface area contributed by atoms with Gasteiger partial charge < -0.3 is 9.73 Å². The van der Waals surface area contributed by atoms with E-state index >= 15 is 0 Å². The maximum atomic E-state index is 12.0. The van der Waals surface area contributed by atoms with Crippen LogP contribution in [-0.2, 0) is 6.42 Å². The molecule has 0 bridgehead atoms. The molecule has 3 rings (SSSR count). The molecule has 0 aliphatic carbocycles. The number of nitrogens with one attached hydrogen (secondary N) is 1. The molecule has 5 heteroatoms. The van der Waals surface area contributed by atoms with Crippen LogP contribution in [0.2, 0.25) is 0 Å². The molecule has 2 aromatic carbocycles. The van der Waals surface area contributed by atoms with Gasteiger partial charge in [-0.3, -0.25) is 4.79 Å². The molecule has 1 N–H and O–H groups in total. The van der Waals surface area contributed by atoms with Gasteiger partial charge >= 0.3 is 11.8 Å². The Balaban J connectivity index is 1.59. The van der Waals surface area contributed by atoms with Gasteiger partial charge in [0.25, 0.3) is 0 Å². The molecule has 5 nitrogen and oxygen atoms in total. The number of rotatable bonds is 5. The summed E-state index contributed by atoms with van der Waals surface area (Å²) in [5, 5.41) is 10.5. The molecule has 0 saturated carbocycles. The van der Waals surface area contributed by atoms with E-state index in [-0.39, 0.29) is 11.8 Å². The number of hydrogen-bond acceptors (Lipinski definition) is 4. The van der Waals surface area contributed by atoms with Gasteiger partial charge in [-0.05, 0) is 31.0 Å². The average molecular weight is 307 g/mol. The highest BCUT2D eigenvalue weighted by molar-refractivity contribution is 5.89. The van der Waals surface area contributed by atoms with Crippen molar-refractivity contribution in [3.05, 3.63) is 71.6 Å². The Morgan fingerprint density at radius 2 is 1.78 bits per heavy atom. The fourth-order valence-electron chi connectivity index (χ4n) is 2.17. The van der Waals surface area contributed by atoms with Crippen LogP contribution in [0.5, 0.6) is 0 Å². The van der Waals surface area contributed by atoms with E-state index in [1.165, 1.54) is 5.56 Å². The van der Waals surface area contributed by atoms with E-state index in [0.717, 1.165) is 17.5 Å². The average Bonchev–Trinajstić information content (AvgIpc) is 3.06. The van der Waals surface area contributed by atoms with Crippen molar-refractivity contribution < 1.29 is 9.21 Å². The Morgan fingerprint density at radius 3 is 2.52 bits per heavy atom. The van der Waals surface area contributed by atoms with Crippen molar-refractivity contribution in [3.8, 4) is 11.5 Å². The molecule has 0 spiro atoms. The monoisotopic (exact) mass is 307 g/mol. The number of nitrogens with zero attached hydrogens (tertiary/aromatic N) is 2. The second kappa shape index (κ2) is 6.87. The Bertz CT molecular complexity index is 780. The van der Waals surface area contributed by atoms with Gasteiger partial charge in [-0.25, -0.2) is 0 Å². The molecule has 1 heterocycles. The van der Waals surface area contributed by atoms with Crippen LogP contribution in [0.4, 0.5) is 0 Å². The molecule has 1 amide bonds. The normalized spacial score (nSPS) is 10.5. The maximum Gasteiger partial charge on any atom is 0.308 e. The van der Waals surface area contributed by atoms with Gasteiger partial charge in [0.15, 0.2) is 0 Å². The quantitative estimate of drug-likeness (QED) is 0.786. The molecule has 0 fully saturated rings. The standard InChI is InChI=1S/C18H17N3O2/c1-13-7-9-15(10-8-13)17-20-21-18(23-17)16(22)19-12-11-14-5-3-2-4-6-14/h2-10H,11-12H2,1H3,(H,19,22). The Morgan fingerprint density at radius 1 is 1.04 bits per heavy atom. The van der Waals surface area contributed by atoms with Gasteiger partial charge in [0, 0.05) is 12.1 Å². The van der Waals surface area contributed by atoms with Crippen LogP contribution in [-0.4, -0.2) is 22.6 Å². The van der Waals surface area contributed by atoms with E-state index < -0.39 is 0 Å². The zero-order valence-electron chi connectivity index (χ0n) is 12.8. The molecule has 116 valence electrons. The molecule has 23 heavy (non-hydrogen) atoms. The zero-order valence-corrected chi connectivity index (χ0v) is 12.8. The summed E-state index contributed by atoms with van der Waals surface area (Å²) in [5.74, 6) is -0.0290. The van der Waals surface area contributed by atoms with E-state index in [0.29, 0.717) is 12.4 Å². The molecule has 0 saturated heterocycles. The number of amides is 1. The second-order valence-corrected chi connectivity index (χ2v) is 5.27. The zero-order chi connectivity index (χ0) is 16.1. The van der Waals surface area contributed by atoms with Crippen molar-refractivity contribution in [1.82, 2.24) is 15.5 Å². The smallest absolute Gasteiger partial charge is 0.308 e. The van der Waals surface area contributed by atoms with Crippen molar-refractivity contribution in [2.24, 2.45) is 0 Å². The van der Waals surface area contributed by atoms with Gasteiger partial charge in [-0.15, -0.1) is 10.2 Å². The SMILES string of the molecule is Cc1ccc(-c2nnc(C(=O)NCCc3ccccc3)o2)cc1. The van der Waals surface area contributed by atoms with Gasteiger partial charge in [0.2, 0.25) is 5.89 Å². The summed E-state index contributed by atoms with van der Waals surface area (Å²) < 4.78 is 5.44. The largest absolute Gasteiger partial charge is 0.412 e. The lowest BCUT2D eigenvalue weighted by atomic mass is 10.1. The Hall–Kier alpha value is -2.95. The second-order valence-electron chi connectivity index (χ2n) is 5.27. The third-order valence-corrected chi connectivity index (χ3v) is 3.46. The van der Waals surface area contributed by atoms with Gasteiger partial charge in [-0.1, -0.05) is 48.0 Å². The Labute approximate surface area is 134 Å². The summed E-state index contributed by atoms with van der Waals surface area (Å²) in [7, 11) is 0. The number of carbonyl (C=O) groups excluding carboxylic acids is 1. The molecule has 1 aromatic heterocycles. The first kappa shape index (κ1) is 15.0. The van der Waals surface area contributed by atoms with Crippen LogP contribution in [0, 0.1) is 6.92 Å². The molecular weight excluding hydrogens is 290 g/mol. The number of aromatic nitrogens is 2. The molecule has 0 atom stereocenters.